The van der Waals surface area contributed by atoms with Gasteiger partial charge in [0.2, 0.25) is 5.88 Å². The summed E-state index contributed by atoms with van der Waals surface area (Å²) in [5, 5.41) is 17.7. The van der Waals surface area contributed by atoms with Crippen molar-refractivity contribution in [3.05, 3.63) is 101 Å². The van der Waals surface area contributed by atoms with E-state index < -0.39 is 0 Å². The summed E-state index contributed by atoms with van der Waals surface area (Å²) >= 11 is 1.64. The molecule has 6 rings (SSSR count). The van der Waals surface area contributed by atoms with Gasteiger partial charge in [-0.05, 0) is 42.8 Å². The van der Waals surface area contributed by atoms with Gasteiger partial charge in [0.1, 0.15) is 24.0 Å². The van der Waals surface area contributed by atoms with Gasteiger partial charge in [0.05, 0.1) is 36.6 Å². The number of fused-ring (bicyclic) bond motifs is 1. The van der Waals surface area contributed by atoms with Crippen LogP contribution in [-0.2, 0) is 12.0 Å². The number of aromatic nitrogens is 5. The van der Waals surface area contributed by atoms with Crippen LogP contribution in [0.1, 0.15) is 36.9 Å². The molecule has 0 saturated carbocycles. The van der Waals surface area contributed by atoms with Gasteiger partial charge in [-0.2, -0.15) is 10.1 Å². The maximum Gasteiger partial charge on any atom is 0.324 e. The predicted octanol–water partition coefficient (Wildman–Crippen LogP) is 7.85. The van der Waals surface area contributed by atoms with Gasteiger partial charge in [-0.25, -0.2) is 14.5 Å². The van der Waals surface area contributed by atoms with Crippen LogP contribution in [0.15, 0.2) is 84.6 Å². The third kappa shape index (κ3) is 6.92. The van der Waals surface area contributed by atoms with Gasteiger partial charge in [-0.1, -0.05) is 45.0 Å². The zero-order valence-electron chi connectivity index (χ0n) is 26.2. The van der Waals surface area contributed by atoms with Crippen LogP contribution in [0.25, 0.3) is 16.5 Å². The molecule has 0 spiro atoms. The summed E-state index contributed by atoms with van der Waals surface area (Å²) < 4.78 is 13.2. The SMILES string of the molecule is COc1cncc(Nc2cc(COc3ccc(NC(=O)Nc4cc(C(C)(C)C)nn4-c4csc(C)c4)c4ccccc34)ccn2)n1. The molecular weight excluding hydrogens is 600 g/mol. The van der Waals surface area contributed by atoms with Crippen molar-refractivity contribution in [1.29, 1.82) is 0 Å². The molecule has 0 aliphatic rings. The minimum Gasteiger partial charge on any atom is -0.488 e. The van der Waals surface area contributed by atoms with Crippen molar-refractivity contribution < 1.29 is 14.3 Å². The number of thiophene rings is 1. The number of methoxy groups -OCH3 is 1. The standard InChI is InChI=1S/C34H34N8O3S/c1-21-14-23(20-46-21)42-31(16-28(41-42)34(2,3)4)40-33(43)37-26-10-11-27(25-9-7-6-8-24(25)26)45-19-22-12-13-36-29(15-22)38-30-17-35-18-32(39-30)44-5/h6-18,20H,19H2,1-5H3,(H,36,38,39)(H2,37,40,43). The van der Waals surface area contributed by atoms with Crippen molar-refractivity contribution >= 4 is 51.3 Å². The Hall–Kier alpha value is -5.49. The first kappa shape index (κ1) is 30.5. The number of hydrogen-bond donors (Lipinski definition) is 3. The molecule has 2 aromatic carbocycles. The van der Waals surface area contributed by atoms with Crippen LogP contribution in [0.5, 0.6) is 11.6 Å². The zero-order valence-corrected chi connectivity index (χ0v) is 27.0. The maximum absolute atomic E-state index is 13.3. The highest BCUT2D eigenvalue weighted by molar-refractivity contribution is 7.10. The number of benzene rings is 2. The van der Waals surface area contributed by atoms with E-state index >= 15 is 0 Å². The van der Waals surface area contributed by atoms with E-state index in [9.17, 15) is 4.79 Å². The van der Waals surface area contributed by atoms with Crippen LogP contribution in [0.3, 0.4) is 0 Å². The Bertz CT molecular complexity index is 2010. The second-order valence-electron chi connectivity index (χ2n) is 11.6. The first-order chi connectivity index (χ1) is 22.2. The first-order valence-corrected chi connectivity index (χ1v) is 15.5. The van der Waals surface area contributed by atoms with E-state index in [1.807, 2.05) is 66.9 Å². The number of hydrogen-bond acceptors (Lipinski definition) is 9. The minimum absolute atomic E-state index is 0.186. The van der Waals surface area contributed by atoms with Gasteiger partial charge in [0.15, 0.2) is 5.82 Å². The molecule has 4 aromatic heterocycles. The number of anilines is 4. The Morgan fingerprint density at radius 2 is 1.80 bits per heavy atom. The summed E-state index contributed by atoms with van der Waals surface area (Å²) in [5.41, 5.74) is 3.17. The van der Waals surface area contributed by atoms with Crippen LogP contribution in [-0.4, -0.2) is 37.9 Å². The molecule has 6 aromatic rings. The molecule has 0 fully saturated rings. The Morgan fingerprint density at radius 1 is 0.978 bits per heavy atom. The second kappa shape index (κ2) is 12.9. The van der Waals surface area contributed by atoms with E-state index in [4.69, 9.17) is 14.6 Å². The van der Waals surface area contributed by atoms with Gasteiger partial charge in [0.25, 0.3) is 0 Å². The van der Waals surface area contributed by atoms with Gasteiger partial charge in [0, 0.05) is 38.7 Å². The van der Waals surface area contributed by atoms with Crippen molar-refractivity contribution in [2.45, 2.75) is 39.7 Å². The largest absolute Gasteiger partial charge is 0.488 e. The number of rotatable bonds is 9. The van der Waals surface area contributed by atoms with E-state index in [2.05, 4.69) is 57.7 Å². The number of carbonyl (C=O) groups is 1. The number of urea groups is 1. The molecule has 0 saturated heterocycles. The summed E-state index contributed by atoms with van der Waals surface area (Å²) in [5.74, 6) is 2.80. The van der Waals surface area contributed by atoms with Crippen molar-refractivity contribution in [2.24, 2.45) is 0 Å². The van der Waals surface area contributed by atoms with Crippen molar-refractivity contribution in [1.82, 2.24) is 24.7 Å². The Kier molecular flexibility index (Phi) is 8.53. The molecule has 234 valence electrons. The van der Waals surface area contributed by atoms with Crippen molar-refractivity contribution in [3.63, 3.8) is 0 Å². The lowest BCUT2D eigenvalue weighted by molar-refractivity contribution is 0.262. The van der Waals surface area contributed by atoms with Crippen LogP contribution in [0, 0.1) is 6.92 Å². The lowest BCUT2D eigenvalue weighted by Crippen LogP contribution is -2.21. The number of carbonyl (C=O) groups excluding carboxylic acids is 1. The number of pyridine rings is 1. The topological polar surface area (TPSA) is 128 Å². The quantitative estimate of drug-likeness (QED) is 0.147. The molecule has 46 heavy (non-hydrogen) atoms. The Labute approximate surface area is 270 Å². The molecule has 0 radical (unpaired) electrons. The highest BCUT2D eigenvalue weighted by Gasteiger charge is 2.22. The number of nitrogens with one attached hydrogen (secondary N) is 3. The highest BCUT2D eigenvalue weighted by atomic mass is 32.1. The van der Waals surface area contributed by atoms with Crippen molar-refractivity contribution in [2.75, 3.05) is 23.1 Å². The number of nitrogens with zero attached hydrogens (tertiary/aromatic N) is 5. The molecule has 0 atom stereocenters. The average Bonchev–Trinajstić information content (AvgIpc) is 3.67. The van der Waals surface area contributed by atoms with Crippen molar-refractivity contribution in [3.8, 4) is 17.3 Å². The minimum atomic E-state index is -0.370. The van der Waals surface area contributed by atoms with E-state index in [-0.39, 0.29) is 11.4 Å². The van der Waals surface area contributed by atoms with Crippen LogP contribution >= 0.6 is 11.3 Å². The molecular formula is C34H34N8O3S. The fourth-order valence-electron chi connectivity index (χ4n) is 4.78. The van der Waals surface area contributed by atoms with E-state index in [0.29, 0.717) is 41.4 Å². The number of ether oxygens (including phenoxy) is 2. The van der Waals surface area contributed by atoms with E-state index in [1.165, 1.54) is 13.3 Å². The normalized spacial score (nSPS) is 11.3. The lowest BCUT2D eigenvalue weighted by atomic mass is 9.92. The number of amides is 2. The van der Waals surface area contributed by atoms with Gasteiger partial charge in [-0.3, -0.25) is 10.3 Å². The summed E-state index contributed by atoms with van der Waals surface area (Å²) in [4.78, 5) is 27.3. The lowest BCUT2D eigenvalue weighted by Gasteiger charge is -2.14. The summed E-state index contributed by atoms with van der Waals surface area (Å²) in [6, 6.07) is 18.9. The third-order valence-electron chi connectivity index (χ3n) is 7.11. The van der Waals surface area contributed by atoms with Crippen LogP contribution < -0.4 is 25.4 Å². The molecule has 3 N–H and O–H groups in total. The van der Waals surface area contributed by atoms with Gasteiger partial charge < -0.3 is 20.1 Å². The van der Waals surface area contributed by atoms with E-state index in [0.717, 1.165) is 32.6 Å². The maximum atomic E-state index is 13.3. The molecule has 2 amide bonds. The monoisotopic (exact) mass is 634 g/mol. The fourth-order valence-corrected chi connectivity index (χ4v) is 5.45. The van der Waals surface area contributed by atoms with Crippen LogP contribution in [0.2, 0.25) is 0 Å². The second-order valence-corrected chi connectivity index (χ2v) is 12.8. The zero-order chi connectivity index (χ0) is 32.3. The molecule has 0 unspecified atom stereocenters. The van der Waals surface area contributed by atoms with Gasteiger partial charge in [-0.15, -0.1) is 11.3 Å². The molecule has 11 nitrogen and oxygen atoms in total. The Morgan fingerprint density at radius 3 is 2.57 bits per heavy atom. The molecule has 0 aliphatic heterocycles. The number of aryl methyl sites for hydroxylation is 1. The summed E-state index contributed by atoms with van der Waals surface area (Å²) in [6.45, 7) is 8.65. The molecule has 0 bridgehead atoms. The molecule has 0 aliphatic carbocycles. The molecule has 4 heterocycles. The third-order valence-corrected chi connectivity index (χ3v) is 7.96. The highest BCUT2D eigenvalue weighted by Crippen LogP contribution is 2.33. The summed E-state index contributed by atoms with van der Waals surface area (Å²) in [6.07, 6.45) is 4.83. The average molecular weight is 635 g/mol. The van der Waals surface area contributed by atoms with Crippen LogP contribution in [0.4, 0.5) is 27.9 Å². The first-order valence-electron chi connectivity index (χ1n) is 14.6. The summed E-state index contributed by atoms with van der Waals surface area (Å²) in [7, 11) is 1.54. The molecule has 12 heteroatoms. The Balaban J connectivity index is 1.18. The van der Waals surface area contributed by atoms with Gasteiger partial charge >= 0.3 is 6.03 Å². The fraction of sp³-hybridized carbons (Fsp3) is 0.206. The predicted molar refractivity (Wildman–Crippen MR) is 182 cm³/mol. The van der Waals surface area contributed by atoms with E-state index in [1.54, 1.807) is 28.4 Å². The smallest absolute Gasteiger partial charge is 0.324 e.